The van der Waals surface area contributed by atoms with Gasteiger partial charge in [0.25, 0.3) is 0 Å². The van der Waals surface area contributed by atoms with Crippen LogP contribution in [0.5, 0.6) is 0 Å². The molecule has 91 valence electrons. The van der Waals surface area contributed by atoms with Crippen LogP contribution in [0.2, 0.25) is 0 Å². The van der Waals surface area contributed by atoms with E-state index in [1.165, 1.54) is 11.1 Å². The van der Waals surface area contributed by atoms with Crippen molar-refractivity contribution in [3.8, 4) is 0 Å². The molecule has 0 amide bonds. The molecule has 1 aliphatic carbocycles. The first kappa shape index (κ1) is 16.9. The molecule has 0 fully saturated rings. The topological polar surface area (TPSA) is 0 Å². The molecule has 0 aliphatic heterocycles. The van der Waals surface area contributed by atoms with Crippen molar-refractivity contribution in [2.45, 2.75) is 41.5 Å². The predicted octanol–water partition coefficient (Wildman–Crippen LogP) is 5.53. The number of hydrogen-bond donors (Lipinski definition) is 0. The number of allylic oxidation sites excluding steroid dienone is 4. The standard InChI is InChI=1S/C13H21.2ClH.Zr/c1-12(2,3)10-8-7-9-11(10)13(4,5)6;;;/h7-9H,1-6H3;2*1H;/q;;;+2/p-2. The maximum atomic E-state index is 4.93. The van der Waals surface area contributed by atoms with E-state index < -0.39 is 20.8 Å². The Labute approximate surface area is 119 Å². The summed E-state index contributed by atoms with van der Waals surface area (Å²) in [6, 6.07) is 0. The van der Waals surface area contributed by atoms with Gasteiger partial charge in [0.2, 0.25) is 0 Å². The first-order chi connectivity index (χ1) is 7.14. The molecule has 0 N–H and O–H groups in total. The Hall–Kier alpha value is 0.943. The molecule has 0 nitrogen and oxygen atoms in total. The van der Waals surface area contributed by atoms with Crippen LogP contribution in [-0.4, -0.2) is 0 Å². The van der Waals surface area contributed by atoms with Crippen molar-refractivity contribution in [1.29, 1.82) is 0 Å². The fourth-order valence-electron chi connectivity index (χ4n) is 1.73. The number of rotatable bonds is 0. The molecule has 3 heteroatoms. The monoisotopic (exact) mass is 337 g/mol. The second-order valence-electron chi connectivity index (χ2n) is 5.92. The first-order valence-electron chi connectivity index (χ1n) is 5.37. The Bertz CT molecular complexity index is 249. The van der Waals surface area contributed by atoms with E-state index in [4.69, 9.17) is 17.0 Å². The van der Waals surface area contributed by atoms with Crippen LogP contribution in [0.15, 0.2) is 23.3 Å². The summed E-state index contributed by atoms with van der Waals surface area (Å²) in [5.41, 5.74) is 3.51. The van der Waals surface area contributed by atoms with Crippen molar-refractivity contribution in [3.63, 3.8) is 0 Å². The molecule has 0 bridgehead atoms. The Balaban J connectivity index is 0.000000673. The molecule has 0 unspecified atom stereocenters. The molecule has 0 saturated carbocycles. The zero-order chi connectivity index (χ0) is 13.0. The SMILES string of the molecule is CC(C)(C)C1=C[CH]C=C1C(C)(C)C.[Cl][Zr][Cl]. The summed E-state index contributed by atoms with van der Waals surface area (Å²) in [7, 11) is 9.87. The van der Waals surface area contributed by atoms with Gasteiger partial charge in [-0.3, -0.25) is 0 Å². The second-order valence-corrected chi connectivity index (χ2v) is 9.66. The summed E-state index contributed by atoms with van der Waals surface area (Å²) in [5.74, 6) is 0. The zero-order valence-electron chi connectivity index (χ0n) is 11.0. The van der Waals surface area contributed by atoms with E-state index in [0.29, 0.717) is 0 Å². The number of hydrogen-bond acceptors (Lipinski definition) is 0. The Kier molecular flexibility index (Phi) is 7.16. The first-order valence-corrected chi connectivity index (χ1v) is 11.7. The van der Waals surface area contributed by atoms with Gasteiger partial charge < -0.3 is 0 Å². The minimum absolute atomic E-state index is 0.270. The molecular weight excluding hydrogens is 318 g/mol. The molecule has 1 radical (unpaired) electrons. The number of halogens is 2. The molecular formula is C13H21Cl2Zr. The summed E-state index contributed by atoms with van der Waals surface area (Å²) >= 11 is -0.826. The van der Waals surface area contributed by atoms with Gasteiger partial charge in [-0.2, -0.15) is 0 Å². The van der Waals surface area contributed by atoms with E-state index in [2.05, 4.69) is 60.1 Å². The molecule has 0 aromatic carbocycles. The Morgan fingerprint density at radius 1 is 0.812 bits per heavy atom. The average Bonchev–Trinajstić information content (AvgIpc) is 2.49. The van der Waals surface area contributed by atoms with E-state index in [-0.39, 0.29) is 10.8 Å². The molecule has 0 heterocycles. The fourth-order valence-corrected chi connectivity index (χ4v) is 1.73. The summed E-state index contributed by atoms with van der Waals surface area (Å²) in [6.07, 6.45) is 6.67. The molecule has 0 spiro atoms. The van der Waals surface area contributed by atoms with E-state index in [1.54, 1.807) is 0 Å². The van der Waals surface area contributed by atoms with Crippen molar-refractivity contribution in [1.82, 2.24) is 0 Å². The van der Waals surface area contributed by atoms with E-state index in [9.17, 15) is 0 Å². The van der Waals surface area contributed by atoms with Crippen molar-refractivity contribution >= 4 is 17.0 Å². The van der Waals surface area contributed by atoms with Gasteiger partial charge in [-0.05, 0) is 22.0 Å². The second kappa shape index (κ2) is 6.76. The molecule has 0 aromatic heterocycles. The third kappa shape index (κ3) is 5.52. The normalized spacial score (nSPS) is 16.0. The van der Waals surface area contributed by atoms with Gasteiger partial charge in [-0.15, -0.1) is 0 Å². The molecule has 16 heavy (non-hydrogen) atoms. The summed E-state index contributed by atoms with van der Waals surface area (Å²) in [4.78, 5) is 0. The fraction of sp³-hybridized carbons (Fsp3) is 0.615. The molecule has 0 saturated heterocycles. The molecule has 0 aromatic rings. The van der Waals surface area contributed by atoms with Crippen molar-refractivity contribution < 1.29 is 20.8 Å². The van der Waals surface area contributed by atoms with Crippen LogP contribution in [0.25, 0.3) is 0 Å². The Morgan fingerprint density at radius 2 is 1.06 bits per heavy atom. The third-order valence-electron chi connectivity index (χ3n) is 2.43. The van der Waals surface area contributed by atoms with Gasteiger partial charge in [0.1, 0.15) is 0 Å². The van der Waals surface area contributed by atoms with Gasteiger partial charge in [-0.25, -0.2) is 0 Å². The van der Waals surface area contributed by atoms with Crippen molar-refractivity contribution in [2.75, 3.05) is 0 Å². The van der Waals surface area contributed by atoms with Gasteiger partial charge in [-0.1, -0.05) is 53.7 Å². The quantitative estimate of drug-likeness (QED) is 0.545. The van der Waals surface area contributed by atoms with E-state index in [1.807, 2.05) is 0 Å². The third-order valence-corrected chi connectivity index (χ3v) is 2.43. The van der Waals surface area contributed by atoms with Gasteiger partial charge in [0.05, 0.1) is 0 Å². The molecule has 0 atom stereocenters. The summed E-state index contributed by atoms with van der Waals surface area (Å²) < 4.78 is 0. The van der Waals surface area contributed by atoms with Gasteiger partial charge in [0.15, 0.2) is 0 Å². The van der Waals surface area contributed by atoms with E-state index in [0.717, 1.165) is 0 Å². The maximum absolute atomic E-state index is 4.93. The van der Waals surface area contributed by atoms with Crippen LogP contribution in [0.4, 0.5) is 0 Å². The molecule has 1 rings (SSSR count). The minimum atomic E-state index is -0.826. The summed E-state index contributed by atoms with van der Waals surface area (Å²) in [6.45, 7) is 13.7. The van der Waals surface area contributed by atoms with Crippen LogP contribution in [0.1, 0.15) is 41.5 Å². The zero-order valence-corrected chi connectivity index (χ0v) is 15.0. The molecule has 1 aliphatic rings. The van der Waals surface area contributed by atoms with Crippen molar-refractivity contribution in [3.05, 3.63) is 29.7 Å². The average molecular weight is 339 g/mol. The summed E-state index contributed by atoms with van der Waals surface area (Å²) in [5, 5.41) is 0. The van der Waals surface area contributed by atoms with Gasteiger partial charge in [0, 0.05) is 6.42 Å². The van der Waals surface area contributed by atoms with Crippen molar-refractivity contribution in [2.24, 2.45) is 10.8 Å². The van der Waals surface area contributed by atoms with E-state index >= 15 is 0 Å². The van der Waals surface area contributed by atoms with Crippen LogP contribution < -0.4 is 0 Å². The van der Waals surface area contributed by atoms with Crippen LogP contribution in [0.3, 0.4) is 0 Å². The van der Waals surface area contributed by atoms with Crippen LogP contribution >= 0.6 is 17.0 Å². The predicted molar refractivity (Wildman–Crippen MR) is 71.1 cm³/mol. The van der Waals surface area contributed by atoms with Crippen LogP contribution in [0, 0.1) is 17.3 Å². The van der Waals surface area contributed by atoms with Gasteiger partial charge >= 0.3 is 37.9 Å². The Morgan fingerprint density at radius 3 is 1.25 bits per heavy atom. The van der Waals surface area contributed by atoms with Crippen LogP contribution in [-0.2, 0) is 20.8 Å².